The zero-order valence-electron chi connectivity index (χ0n) is 19.1. The Labute approximate surface area is 203 Å². The minimum Gasteiger partial charge on any atom is -0.436 e. The molecule has 0 spiro atoms. The number of carbonyl (C=O) groups excluding carboxylic acids is 1. The van der Waals surface area contributed by atoms with Gasteiger partial charge in [-0.25, -0.2) is 4.98 Å². The van der Waals surface area contributed by atoms with Gasteiger partial charge in [0.1, 0.15) is 0 Å². The lowest BCUT2D eigenvalue weighted by Gasteiger charge is -2.34. The average Bonchev–Trinajstić information content (AvgIpc) is 3.58. The van der Waals surface area contributed by atoms with E-state index in [4.69, 9.17) is 9.15 Å². The lowest BCUT2D eigenvalue weighted by Crippen LogP contribution is -2.43. The zero-order chi connectivity index (χ0) is 23.3. The van der Waals surface area contributed by atoms with Gasteiger partial charge in [0.2, 0.25) is 5.89 Å². The molecule has 174 valence electrons. The summed E-state index contributed by atoms with van der Waals surface area (Å²) < 4.78 is 11.6. The maximum absolute atomic E-state index is 13.3. The van der Waals surface area contributed by atoms with Gasteiger partial charge in [0.25, 0.3) is 5.91 Å². The largest absolute Gasteiger partial charge is 0.436 e. The summed E-state index contributed by atoms with van der Waals surface area (Å²) in [4.78, 5) is 21.4. The Kier molecular flexibility index (Phi) is 6.85. The van der Waals surface area contributed by atoms with E-state index < -0.39 is 0 Å². The van der Waals surface area contributed by atoms with Crippen molar-refractivity contribution in [3.63, 3.8) is 0 Å². The molecule has 0 aliphatic carbocycles. The third kappa shape index (κ3) is 4.97. The van der Waals surface area contributed by atoms with Gasteiger partial charge in [-0.15, -0.1) is 11.3 Å². The molecule has 1 aliphatic heterocycles. The van der Waals surface area contributed by atoms with Gasteiger partial charge in [-0.1, -0.05) is 48.0 Å². The minimum atomic E-state index is -0.138. The molecule has 3 heterocycles. The van der Waals surface area contributed by atoms with Gasteiger partial charge < -0.3 is 14.5 Å². The summed E-state index contributed by atoms with van der Waals surface area (Å²) >= 11 is 1.71. The summed E-state index contributed by atoms with van der Waals surface area (Å²) in [6, 6.07) is 19.8. The highest BCUT2D eigenvalue weighted by molar-refractivity contribution is 7.10. The first kappa shape index (κ1) is 22.5. The lowest BCUT2D eigenvalue weighted by molar-refractivity contribution is 0.0169. The molecule has 1 amide bonds. The summed E-state index contributed by atoms with van der Waals surface area (Å²) in [6.45, 7) is 5.71. The summed E-state index contributed by atoms with van der Waals surface area (Å²) in [7, 11) is 0. The van der Waals surface area contributed by atoms with E-state index in [1.54, 1.807) is 17.5 Å². The second-order valence-electron chi connectivity index (χ2n) is 8.33. The van der Waals surface area contributed by atoms with Gasteiger partial charge in [-0.2, -0.15) is 0 Å². The van der Waals surface area contributed by atoms with Crippen molar-refractivity contribution >= 4 is 17.2 Å². The number of nitrogens with one attached hydrogen (secondary N) is 1. The third-order valence-corrected chi connectivity index (χ3v) is 7.03. The molecule has 1 atom stereocenters. The van der Waals surface area contributed by atoms with Crippen LogP contribution >= 0.6 is 11.3 Å². The molecule has 2 aromatic carbocycles. The van der Waals surface area contributed by atoms with Crippen molar-refractivity contribution < 1.29 is 13.9 Å². The SMILES string of the molecule is Cc1ccc(-c2cnc(-c3ccccc3C(=O)NC[C@H](c3cccs3)N3CCOCC3)o2)cc1. The van der Waals surface area contributed by atoms with Crippen LogP contribution in [0.3, 0.4) is 0 Å². The van der Waals surface area contributed by atoms with Crippen LogP contribution in [0.15, 0.2) is 76.7 Å². The van der Waals surface area contributed by atoms with Gasteiger partial charge in [0.15, 0.2) is 5.76 Å². The molecule has 7 heteroatoms. The number of ether oxygens (including phenoxy) is 1. The molecule has 4 aromatic rings. The summed E-state index contributed by atoms with van der Waals surface area (Å²) in [5, 5.41) is 5.23. The van der Waals surface area contributed by atoms with Crippen LogP contribution < -0.4 is 5.32 Å². The van der Waals surface area contributed by atoms with Crippen LogP contribution in [0.25, 0.3) is 22.8 Å². The van der Waals surface area contributed by atoms with E-state index in [2.05, 4.69) is 32.7 Å². The number of aromatic nitrogens is 1. The lowest BCUT2D eigenvalue weighted by atomic mass is 10.1. The summed E-state index contributed by atoms with van der Waals surface area (Å²) in [5.74, 6) is 0.972. The monoisotopic (exact) mass is 473 g/mol. The van der Waals surface area contributed by atoms with Gasteiger partial charge >= 0.3 is 0 Å². The summed E-state index contributed by atoms with van der Waals surface area (Å²) in [6.07, 6.45) is 1.71. The first-order valence-corrected chi connectivity index (χ1v) is 12.3. The fourth-order valence-corrected chi connectivity index (χ4v) is 5.04. The highest BCUT2D eigenvalue weighted by Gasteiger charge is 2.25. The highest BCUT2D eigenvalue weighted by atomic mass is 32.1. The van der Waals surface area contributed by atoms with Crippen molar-refractivity contribution in [2.75, 3.05) is 32.8 Å². The molecule has 0 bridgehead atoms. The minimum absolute atomic E-state index is 0.120. The number of thiophene rings is 1. The van der Waals surface area contributed by atoms with Crippen molar-refractivity contribution in [2.24, 2.45) is 0 Å². The van der Waals surface area contributed by atoms with E-state index in [-0.39, 0.29) is 11.9 Å². The van der Waals surface area contributed by atoms with Gasteiger partial charge in [-0.05, 0) is 30.5 Å². The standard InChI is InChI=1S/C27H27N3O3S/c1-19-8-10-20(11-9-19)24-18-29-27(33-24)22-6-3-2-5-21(22)26(31)28-17-23(25-7-4-16-34-25)30-12-14-32-15-13-30/h2-11,16,18,23H,12-15,17H2,1H3,(H,28,31)/t23-/m1/s1. The number of aryl methyl sites for hydroxylation is 1. The number of rotatable bonds is 7. The maximum atomic E-state index is 13.3. The number of morpholine rings is 1. The van der Waals surface area contributed by atoms with Crippen molar-refractivity contribution in [3.05, 3.63) is 88.2 Å². The highest BCUT2D eigenvalue weighted by Crippen LogP contribution is 2.29. The number of carbonyl (C=O) groups is 1. The van der Waals surface area contributed by atoms with Gasteiger partial charge in [-0.3, -0.25) is 9.69 Å². The Morgan fingerprint density at radius 3 is 2.65 bits per heavy atom. The maximum Gasteiger partial charge on any atom is 0.252 e. The average molecular weight is 474 g/mol. The Morgan fingerprint density at radius 1 is 1.09 bits per heavy atom. The van der Waals surface area contributed by atoms with Crippen LogP contribution in [-0.2, 0) is 4.74 Å². The van der Waals surface area contributed by atoms with E-state index in [0.29, 0.717) is 42.5 Å². The van der Waals surface area contributed by atoms with E-state index in [9.17, 15) is 4.79 Å². The van der Waals surface area contributed by atoms with Crippen LogP contribution in [0.1, 0.15) is 26.8 Å². The van der Waals surface area contributed by atoms with Crippen LogP contribution in [0.4, 0.5) is 0 Å². The fourth-order valence-electron chi connectivity index (χ4n) is 4.18. The topological polar surface area (TPSA) is 67.6 Å². The molecule has 2 aromatic heterocycles. The Hall–Kier alpha value is -3.26. The predicted molar refractivity (Wildman–Crippen MR) is 134 cm³/mol. The molecule has 1 aliphatic rings. The predicted octanol–water partition coefficient (Wildman–Crippen LogP) is 5.18. The van der Waals surface area contributed by atoms with E-state index >= 15 is 0 Å². The molecule has 0 radical (unpaired) electrons. The molecule has 0 saturated carbocycles. The molecule has 5 rings (SSSR count). The molecule has 1 saturated heterocycles. The second kappa shape index (κ2) is 10.3. The first-order chi connectivity index (χ1) is 16.7. The van der Waals surface area contributed by atoms with E-state index in [1.807, 2.05) is 55.5 Å². The van der Waals surface area contributed by atoms with Crippen LogP contribution in [0.2, 0.25) is 0 Å². The Bertz CT molecular complexity index is 1230. The van der Waals surface area contributed by atoms with E-state index in [1.165, 1.54) is 10.4 Å². The molecule has 1 N–H and O–H groups in total. The van der Waals surface area contributed by atoms with Crippen molar-refractivity contribution in [3.8, 4) is 22.8 Å². The first-order valence-electron chi connectivity index (χ1n) is 11.4. The molecule has 1 fully saturated rings. The quantitative estimate of drug-likeness (QED) is 0.401. The van der Waals surface area contributed by atoms with Crippen molar-refractivity contribution in [2.45, 2.75) is 13.0 Å². The van der Waals surface area contributed by atoms with Gasteiger partial charge in [0.05, 0.1) is 31.0 Å². The van der Waals surface area contributed by atoms with Crippen LogP contribution in [0, 0.1) is 6.92 Å². The Balaban J connectivity index is 1.35. The van der Waals surface area contributed by atoms with Crippen molar-refractivity contribution in [1.29, 1.82) is 0 Å². The molecular formula is C27H27N3O3S. The normalized spacial score (nSPS) is 15.2. The third-order valence-electron chi connectivity index (χ3n) is 6.06. The number of hydrogen-bond acceptors (Lipinski definition) is 6. The zero-order valence-corrected chi connectivity index (χ0v) is 19.9. The number of amides is 1. The Morgan fingerprint density at radius 2 is 1.88 bits per heavy atom. The van der Waals surface area contributed by atoms with Crippen molar-refractivity contribution in [1.82, 2.24) is 15.2 Å². The smallest absolute Gasteiger partial charge is 0.252 e. The second-order valence-corrected chi connectivity index (χ2v) is 9.31. The van der Waals surface area contributed by atoms with E-state index in [0.717, 1.165) is 18.7 Å². The summed E-state index contributed by atoms with van der Waals surface area (Å²) in [5.41, 5.74) is 3.36. The van der Waals surface area contributed by atoms with Gasteiger partial charge in [0, 0.05) is 35.6 Å². The fraction of sp³-hybridized carbons (Fsp3) is 0.259. The number of nitrogens with zero attached hydrogens (tertiary/aromatic N) is 2. The number of hydrogen-bond donors (Lipinski definition) is 1. The molecule has 0 unspecified atom stereocenters. The van der Waals surface area contributed by atoms with Crippen LogP contribution in [0.5, 0.6) is 0 Å². The number of benzene rings is 2. The molecular weight excluding hydrogens is 446 g/mol. The molecule has 34 heavy (non-hydrogen) atoms. The molecule has 6 nitrogen and oxygen atoms in total. The van der Waals surface area contributed by atoms with Crippen LogP contribution in [-0.4, -0.2) is 48.6 Å². The number of oxazole rings is 1.